The number of carbonyl (C=O) groups excluding carboxylic acids is 1. The Morgan fingerprint density at radius 3 is 2.65 bits per heavy atom. The van der Waals surface area contributed by atoms with Crippen molar-refractivity contribution in [2.24, 2.45) is 5.92 Å². The second-order valence-electron chi connectivity index (χ2n) is 3.91. The number of nitrogens with one attached hydrogen (secondary N) is 2. The summed E-state index contributed by atoms with van der Waals surface area (Å²) in [5.41, 5.74) is 1.99. The zero-order chi connectivity index (χ0) is 12.1. The van der Waals surface area contributed by atoms with Crippen molar-refractivity contribution in [2.75, 3.05) is 18.9 Å². The lowest BCUT2D eigenvalue weighted by Gasteiger charge is -2.13. The molecule has 0 heterocycles. The third kappa shape index (κ3) is 5.23. The molecule has 96 valence electrons. The molecule has 0 fully saturated rings. The molecule has 0 spiro atoms. The van der Waals surface area contributed by atoms with E-state index in [1.165, 1.54) is 3.57 Å². The highest BCUT2D eigenvalue weighted by Gasteiger charge is 2.12. The predicted molar refractivity (Wildman–Crippen MR) is 82.9 cm³/mol. The molecule has 2 N–H and O–H groups in total. The molecule has 1 rings (SSSR count). The monoisotopic (exact) mass is 368 g/mol. The number of amides is 1. The number of aryl methyl sites for hydroxylation is 1. The van der Waals surface area contributed by atoms with Crippen LogP contribution < -0.4 is 10.6 Å². The van der Waals surface area contributed by atoms with Gasteiger partial charge in [-0.2, -0.15) is 0 Å². The second-order valence-corrected chi connectivity index (χ2v) is 5.15. The molecule has 0 bridgehead atoms. The van der Waals surface area contributed by atoms with E-state index in [0.717, 1.165) is 11.3 Å². The van der Waals surface area contributed by atoms with Gasteiger partial charge in [0.1, 0.15) is 0 Å². The van der Waals surface area contributed by atoms with Crippen LogP contribution in [0.2, 0.25) is 0 Å². The summed E-state index contributed by atoms with van der Waals surface area (Å²) in [6, 6.07) is 5.99. The molecule has 1 unspecified atom stereocenters. The van der Waals surface area contributed by atoms with E-state index < -0.39 is 0 Å². The molecule has 0 aromatic heterocycles. The van der Waals surface area contributed by atoms with E-state index in [0.29, 0.717) is 6.54 Å². The largest absolute Gasteiger partial charge is 0.326 e. The van der Waals surface area contributed by atoms with E-state index in [-0.39, 0.29) is 24.2 Å². The van der Waals surface area contributed by atoms with E-state index in [1.54, 1.807) is 0 Å². The average molecular weight is 369 g/mol. The number of benzene rings is 1. The zero-order valence-electron chi connectivity index (χ0n) is 10.2. The van der Waals surface area contributed by atoms with Crippen molar-refractivity contribution in [1.82, 2.24) is 5.32 Å². The third-order valence-corrected chi connectivity index (χ3v) is 3.08. The van der Waals surface area contributed by atoms with Gasteiger partial charge in [0.15, 0.2) is 0 Å². The van der Waals surface area contributed by atoms with Crippen LogP contribution in [0.4, 0.5) is 5.69 Å². The van der Waals surface area contributed by atoms with Crippen LogP contribution in [0, 0.1) is 16.4 Å². The standard InChI is InChI=1S/C12H17IN2O.ClH/c1-8-6-10(13)4-5-11(8)15-12(16)9(2)7-14-3;/h4-6,9,14H,7H2,1-3H3,(H,15,16);1H. The average Bonchev–Trinajstić information content (AvgIpc) is 2.22. The Hall–Kier alpha value is -0.330. The van der Waals surface area contributed by atoms with Gasteiger partial charge in [-0.15, -0.1) is 12.4 Å². The van der Waals surface area contributed by atoms with Crippen LogP contribution in [0.1, 0.15) is 12.5 Å². The van der Waals surface area contributed by atoms with Gasteiger partial charge in [-0.25, -0.2) is 0 Å². The Balaban J connectivity index is 0.00000256. The molecule has 1 amide bonds. The van der Waals surface area contributed by atoms with Gasteiger partial charge < -0.3 is 10.6 Å². The number of hydrogen-bond donors (Lipinski definition) is 2. The van der Waals surface area contributed by atoms with Gasteiger partial charge in [0.2, 0.25) is 5.91 Å². The van der Waals surface area contributed by atoms with Crippen LogP contribution in [0.3, 0.4) is 0 Å². The van der Waals surface area contributed by atoms with Crippen LogP contribution in [-0.4, -0.2) is 19.5 Å². The Morgan fingerprint density at radius 1 is 1.47 bits per heavy atom. The molecule has 0 saturated heterocycles. The number of carbonyl (C=O) groups is 1. The van der Waals surface area contributed by atoms with Crippen molar-refractivity contribution in [2.45, 2.75) is 13.8 Å². The van der Waals surface area contributed by atoms with Gasteiger partial charge in [0, 0.05) is 21.7 Å². The maximum Gasteiger partial charge on any atom is 0.228 e. The first-order valence-corrected chi connectivity index (χ1v) is 6.34. The van der Waals surface area contributed by atoms with Crippen LogP contribution >= 0.6 is 35.0 Å². The first-order chi connectivity index (χ1) is 7.54. The summed E-state index contributed by atoms with van der Waals surface area (Å²) in [5, 5.41) is 5.94. The van der Waals surface area contributed by atoms with E-state index in [9.17, 15) is 4.79 Å². The molecular weight excluding hydrogens is 351 g/mol. The maximum absolute atomic E-state index is 11.8. The van der Waals surface area contributed by atoms with Crippen LogP contribution in [-0.2, 0) is 4.79 Å². The lowest BCUT2D eigenvalue weighted by molar-refractivity contribution is -0.119. The number of anilines is 1. The van der Waals surface area contributed by atoms with E-state index in [1.807, 2.05) is 33.0 Å². The topological polar surface area (TPSA) is 41.1 Å². The second kappa shape index (κ2) is 7.89. The molecule has 0 aliphatic carbocycles. The summed E-state index contributed by atoms with van der Waals surface area (Å²) in [5.74, 6) is 0.0299. The lowest BCUT2D eigenvalue weighted by Crippen LogP contribution is -2.28. The van der Waals surface area contributed by atoms with E-state index in [4.69, 9.17) is 0 Å². The fourth-order valence-electron chi connectivity index (χ4n) is 1.42. The third-order valence-electron chi connectivity index (χ3n) is 2.40. The minimum Gasteiger partial charge on any atom is -0.326 e. The van der Waals surface area contributed by atoms with Crippen molar-refractivity contribution >= 4 is 46.6 Å². The summed E-state index contributed by atoms with van der Waals surface area (Å²) in [4.78, 5) is 11.8. The zero-order valence-corrected chi connectivity index (χ0v) is 13.2. The smallest absolute Gasteiger partial charge is 0.228 e. The van der Waals surface area contributed by atoms with Crippen LogP contribution in [0.5, 0.6) is 0 Å². The summed E-state index contributed by atoms with van der Waals surface area (Å²) in [6.45, 7) is 4.60. The molecule has 3 nitrogen and oxygen atoms in total. The Kier molecular flexibility index (Phi) is 7.74. The Bertz CT molecular complexity index is 385. The first-order valence-electron chi connectivity index (χ1n) is 5.26. The Morgan fingerprint density at radius 2 is 2.12 bits per heavy atom. The Labute approximate surface area is 122 Å². The molecule has 0 radical (unpaired) electrons. The normalized spacial score (nSPS) is 11.5. The lowest BCUT2D eigenvalue weighted by atomic mass is 10.1. The highest BCUT2D eigenvalue weighted by Crippen LogP contribution is 2.18. The molecule has 1 aromatic rings. The molecule has 0 aliphatic heterocycles. The minimum atomic E-state index is -0.0244. The number of hydrogen-bond acceptors (Lipinski definition) is 2. The van der Waals surface area contributed by atoms with Gasteiger partial charge in [-0.3, -0.25) is 4.79 Å². The van der Waals surface area contributed by atoms with Gasteiger partial charge in [-0.1, -0.05) is 6.92 Å². The molecule has 17 heavy (non-hydrogen) atoms. The van der Waals surface area contributed by atoms with Crippen molar-refractivity contribution in [3.8, 4) is 0 Å². The van der Waals surface area contributed by atoms with Crippen molar-refractivity contribution in [1.29, 1.82) is 0 Å². The summed E-state index contributed by atoms with van der Waals surface area (Å²) >= 11 is 2.26. The molecule has 0 aliphatic rings. The molecule has 0 saturated carbocycles. The van der Waals surface area contributed by atoms with Gasteiger partial charge in [-0.05, 0) is 60.3 Å². The van der Waals surface area contributed by atoms with E-state index >= 15 is 0 Å². The molecular formula is C12H18ClIN2O. The summed E-state index contributed by atoms with van der Waals surface area (Å²) in [6.07, 6.45) is 0. The SMILES string of the molecule is CNCC(C)C(=O)Nc1ccc(I)cc1C.Cl. The molecule has 5 heteroatoms. The number of rotatable bonds is 4. The first kappa shape index (κ1) is 16.7. The van der Waals surface area contributed by atoms with Crippen molar-refractivity contribution in [3.63, 3.8) is 0 Å². The summed E-state index contributed by atoms with van der Waals surface area (Å²) < 4.78 is 1.18. The fourth-order valence-corrected chi connectivity index (χ4v) is 2.07. The minimum absolute atomic E-state index is 0. The molecule has 1 aromatic carbocycles. The number of halogens is 2. The van der Waals surface area contributed by atoms with Crippen LogP contribution in [0.15, 0.2) is 18.2 Å². The van der Waals surface area contributed by atoms with Crippen molar-refractivity contribution < 1.29 is 4.79 Å². The quantitative estimate of drug-likeness (QED) is 0.803. The fraction of sp³-hybridized carbons (Fsp3) is 0.417. The van der Waals surface area contributed by atoms with Gasteiger partial charge in [0.25, 0.3) is 0 Å². The van der Waals surface area contributed by atoms with Gasteiger partial charge in [0.05, 0.1) is 0 Å². The van der Waals surface area contributed by atoms with Crippen LogP contribution in [0.25, 0.3) is 0 Å². The maximum atomic E-state index is 11.8. The molecule has 1 atom stereocenters. The van der Waals surface area contributed by atoms with Gasteiger partial charge >= 0.3 is 0 Å². The summed E-state index contributed by atoms with van der Waals surface area (Å²) in [7, 11) is 1.85. The highest BCUT2D eigenvalue weighted by molar-refractivity contribution is 14.1. The van der Waals surface area contributed by atoms with E-state index in [2.05, 4.69) is 39.3 Å². The van der Waals surface area contributed by atoms with Crippen molar-refractivity contribution in [3.05, 3.63) is 27.3 Å². The predicted octanol–water partition coefficient (Wildman–Crippen LogP) is 2.82. The highest BCUT2D eigenvalue weighted by atomic mass is 127.